The molecule has 0 heterocycles. The highest BCUT2D eigenvalue weighted by molar-refractivity contribution is 5.97. The molecule has 336 valence electrons. The van der Waals surface area contributed by atoms with E-state index in [9.17, 15) is 53.4 Å². The molecule has 23 heteroatoms. The van der Waals surface area contributed by atoms with Crippen molar-refractivity contribution in [3.05, 3.63) is 0 Å². The topological polar surface area (TPSA) is 395 Å². The van der Waals surface area contributed by atoms with Gasteiger partial charge in [0.2, 0.25) is 47.3 Å². The van der Waals surface area contributed by atoms with Gasteiger partial charge in [-0.05, 0) is 57.3 Å². The minimum Gasteiger partial charge on any atom is -0.480 e. The number of carboxylic acid groups (broad SMARTS) is 1. The van der Waals surface area contributed by atoms with Gasteiger partial charge in [-0.2, -0.15) is 0 Å². The van der Waals surface area contributed by atoms with E-state index in [1.807, 2.05) is 0 Å². The standard InChI is InChI=1S/C36H66N12O11/c1-16(2)14-23(31(54)44-22(35(58)59)10-9-13-41-36(39)40)45-30(53)21(11-12-25(38)50)43-32(55)24(15-49)46-29(52)20(8)42-33(56)26(17(3)4)48-34(57)27(18(5)6)47-28(51)19(7)37/h16-24,26-27,49H,9-15,37H2,1-8H3,(H2,38,50)(H,42,56)(H,43,55)(H,44,54)(H,45,53)(H,46,52)(H,47,51)(H,48,57)(H,58,59)(H4,39,40,41)/t19-,20-,21-,22-,23-,24-,26-,27-/m0/s1. The summed E-state index contributed by atoms with van der Waals surface area (Å²) in [5.41, 5.74) is 21.5. The average Bonchev–Trinajstić information content (AvgIpc) is 3.12. The molecular formula is C36H66N12O11. The number of nitrogens with one attached hydrogen (secondary N) is 7. The number of nitrogens with zero attached hydrogens (tertiary/aromatic N) is 1. The Bertz CT molecular complexity index is 1500. The second kappa shape index (κ2) is 26.4. The molecule has 23 nitrogen and oxygen atoms in total. The number of hydrogen-bond donors (Lipinski definition) is 13. The number of amides is 8. The Labute approximate surface area is 344 Å². The lowest BCUT2D eigenvalue weighted by molar-refractivity contribution is -0.142. The number of rotatable bonds is 27. The number of aliphatic carboxylic acids is 1. The van der Waals surface area contributed by atoms with Crippen LogP contribution in [0.15, 0.2) is 4.99 Å². The van der Waals surface area contributed by atoms with Crippen LogP contribution >= 0.6 is 0 Å². The first kappa shape index (κ1) is 53.4. The number of nitrogens with two attached hydrogens (primary N) is 4. The van der Waals surface area contributed by atoms with E-state index in [-0.39, 0.29) is 50.0 Å². The lowest BCUT2D eigenvalue weighted by Gasteiger charge is -2.28. The van der Waals surface area contributed by atoms with Crippen molar-refractivity contribution in [2.24, 2.45) is 45.7 Å². The maximum atomic E-state index is 13.5. The van der Waals surface area contributed by atoms with Crippen molar-refractivity contribution in [3.8, 4) is 0 Å². The summed E-state index contributed by atoms with van der Waals surface area (Å²) in [6, 6.07) is -10.3. The van der Waals surface area contributed by atoms with Crippen molar-refractivity contribution in [1.29, 1.82) is 0 Å². The first-order valence-electron chi connectivity index (χ1n) is 19.4. The number of hydrogen-bond acceptors (Lipinski definition) is 12. The van der Waals surface area contributed by atoms with Gasteiger partial charge in [0.15, 0.2) is 5.96 Å². The first-order chi connectivity index (χ1) is 27.3. The van der Waals surface area contributed by atoms with Crippen LogP contribution in [0, 0.1) is 17.8 Å². The minimum absolute atomic E-state index is 0.0388. The molecule has 0 aromatic heterocycles. The SMILES string of the molecule is CC(C)C[C@H](NC(=O)[C@H](CCC(N)=O)NC(=O)[C@H](CO)NC(=O)[C@H](C)NC(=O)[C@@H](NC(=O)[C@@H](NC(=O)[C@H](C)N)C(C)C)C(C)C)C(=O)N[C@@H](CCCN=C(N)N)C(=O)O. The zero-order valence-corrected chi connectivity index (χ0v) is 35.1. The minimum atomic E-state index is -1.68. The van der Waals surface area contributed by atoms with Crippen molar-refractivity contribution in [1.82, 2.24) is 37.2 Å². The smallest absolute Gasteiger partial charge is 0.326 e. The van der Waals surface area contributed by atoms with E-state index in [4.69, 9.17) is 22.9 Å². The molecule has 0 aromatic rings. The van der Waals surface area contributed by atoms with Crippen LogP contribution in [-0.4, -0.2) is 131 Å². The Balaban J connectivity index is 5.94. The van der Waals surface area contributed by atoms with Gasteiger partial charge in [0.05, 0.1) is 12.6 Å². The molecule has 8 atom stereocenters. The van der Waals surface area contributed by atoms with Crippen molar-refractivity contribution in [2.45, 2.75) is 136 Å². The highest BCUT2D eigenvalue weighted by Gasteiger charge is 2.34. The van der Waals surface area contributed by atoms with Gasteiger partial charge in [0.1, 0.15) is 42.3 Å². The number of carbonyl (C=O) groups excluding carboxylic acids is 8. The third kappa shape index (κ3) is 20.6. The molecule has 8 amide bonds. The maximum Gasteiger partial charge on any atom is 0.326 e. The van der Waals surface area contributed by atoms with E-state index in [0.29, 0.717) is 0 Å². The van der Waals surface area contributed by atoms with Crippen LogP contribution in [0.3, 0.4) is 0 Å². The molecule has 0 unspecified atom stereocenters. The average molecular weight is 843 g/mol. The monoisotopic (exact) mass is 842 g/mol. The molecule has 0 aromatic carbocycles. The Morgan fingerprint density at radius 3 is 1.47 bits per heavy atom. The van der Waals surface area contributed by atoms with E-state index in [2.05, 4.69) is 42.2 Å². The molecule has 0 radical (unpaired) electrons. The second-order valence-electron chi connectivity index (χ2n) is 15.3. The number of carboxylic acids is 1. The van der Waals surface area contributed by atoms with Crippen molar-refractivity contribution in [3.63, 3.8) is 0 Å². The molecule has 0 saturated carbocycles. The zero-order valence-electron chi connectivity index (χ0n) is 35.1. The summed E-state index contributed by atoms with van der Waals surface area (Å²) in [5.74, 6) is -9.25. The lowest BCUT2D eigenvalue weighted by atomic mass is 9.99. The summed E-state index contributed by atoms with van der Waals surface area (Å²) in [6.45, 7) is 12.0. The summed E-state index contributed by atoms with van der Waals surface area (Å²) in [4.78, 5) is 119. The van der Waals surface area contributed by atoms with Crippen LogP contribution in [-0.2, 0) is 43.2 Å². The van der Waals surface area contributed by atoms with Crippen LogP contribution in [0.2, 0.25) is 0 Å². The predicted molar refractivity (Wildman–Crippen MR) is 215 cm³/mol. The van der Waals surface area contributed by atoms with Gasteiger partial charge in [-0.1, -0.05) is 41.5 Å². The van der Waals surface area contributed by atoms with Gasteiger partial charge in [0, 0.05) is 13.0 Å². The highest BCUT2D eigenvalue weighted by atomic mass is 16.4. The van der Waals surface area contributed by atoms with Crippen LogP contribution < -0.4 is 60.2 Å². The van der Waals surface area contributed by atoms with Crippen LogP contribution in [0.5, 0.6) is 0 Å². The Morgan fingerprint density at radius 1 is 0.559 bits per heavy atom. The maximum absolute atomic E-state index is 13.5. The summed E-state index contributed by atoms with van der Waals surface area (Å²) < 4.78 is 0. The normalized spacial score (nSPS) is 15.2. The number of carbonyl (C=O) groups is 9. The van der Waals surface area contributed by atoms with Gasteiger partial charge < -0.3 is 70.4 Å². The number of aliphatic imine (C=N–C) groups is 1. The summed E-state index contributed by atoms with van der Waals surface area (Å²) in [7, 11) is 0. The van der Waals surface area contributed by atoms with E-state index >= 15 is 0 Å². The molecule has 17 N–H and O–H groups in total. The molecule has 0 saturated heterocycles. The molecule has 0 aliphatic heterocycles. The fraction of sp³-hybridized carbons (Fsp3) is 0.722. The molecule has 59 heavy (non-hydrogen) atoms. The fourth-order valence-electron chi connectivity index (χ4n) is 5.29. The molecule has 0 rings (SSSR count). The third-order valence-electron chi connectivity index (χ3n) is 8.69. The molecule has 0 bridgehead atoms. The van der Waals surface area contributed by atoms with Crippen LogP contribution in [0.4, 0.5) is 0 Å². The summed E-state index contributed by atoms with van der Waals surface area (Å²) in [6.07, 6.45) is -0.564. The van der Waals surface area contributed by atoms with Crippen LogP contribution in [0.25, 0.3) is 0 Å². The molecule has 0 aliphatic carbocycles. The largest absolute Gasteiger partial charge is 0.480 e. The summed E-state index contributed by atoms with van der Waals surface area (Å²) >= 11 is 0. The molecular weight excluding hydrogens is 776 g/mol. The van der Waals surface area contributed by atoms with Gasteiger partial charge in [-0.25, -0.2) is 4.79 Å². The number of aliphatic hydroxyl groups is 1. The van der Waals surface area contributed by atoms with E-state index in [0.717, 1.165) is 0 Å². The van der Waals surface area contributed by atoms with Gasteiger partial charge in [-0.3, -0.25) is 43.3 Å². The first-order valence-corrected chi connectivity index (χ1v) is 19.4. The second-order valence-corrected chi connectivity index (χ2v) is 15.3. The molecule has 0 fully saturated rings. The van der Waals surface area contributed by atoms with Gasteiger partial charge >= 0.3 is 5.97 Å². The molecule has 0 spiro atoms. The molecule has 0 aliphatic rings. The summed E-state index contributed by atoms with van der Waals surface area (Å²) in [5, 5.41) is 36.8. The van der Waals surface area contributed by atoms with E-state index in [1.54, 1.807) is 41.5 Å². The van der Waals surface area contributed by atoms with Crippen molar-refractivity contribution < 1.29 is 53.4 Å². The third-order valence-corrected chi connectivity index (χ3v) is 8.69. The van der Waals surface area contributed by atoms with Crippen LogP contribution in [0.1, 0.15) is 87.5 Å². The lowest BCUT2D eigenvalue weighted by Crippen LogP contribution is -2.61. The van der Waals surface area contributed by atoms with E-state index < -0.39 is 121 Å². The van der Waals surface area contributed by atoms with Crippen molar-refractivity contribution >= 4 is 59.2 Å². The quantitative estimate of drug-likeness (QED) is 0.0211. The Kier molecular flexibility index (Phi) is 23.9. The number of guanidine groups is 1. The predicted octanol–water partition coefficient (Wildman–Crippen LogP) is -4.50. The Hall–Kier alpha value is -5.58. The zero-order chi connectivity index (χ0) is 45.7. The number of aliphatic hydroxyl groups excluding tert-OH is 1. The van der Waals surface area contributed by atoms with Gasteiger partial charge in [0.25, 0.3) is 0 Å². The fourth-order valence-corrected chi connectivity index (χ4v) is 5.29. The Morgan fingerprint density at radius 2 is 1.02 bits per heavy atom. The number of primary amides is 1. The van der Waals surface area contributed by atoms with Gasteiger partial charge in [-0.15, -0.1) is 0 Å². The highest BCUT2D eigenvalue weighted by Crippen LogP contribution is 2.10. The van der Waals surface area contributed by atoms with Crippen molar-refractivity contribution in [2.75, 3.05) is 13.2 Å². The van der Waals surface area contributed by atoms with E-state index in [1.165, 1.54) is 13.8 Å².